The summed E-state index contributed by atoms with van der Waals surface area (Å²) in [6.45, 7) is 9.40. The molecule has 4 aliphatic heterocycles. The van der Waals surface area contributed by atoms with Gasteiger partial charge in [0.1, 0.15) is 41.3 Å². The van der Waals surface area contributed by atoms with Crippen molar-refractivity contribution in [1.29, 1.82) is 0 Å². The van der Waals surface area contributed by atoms with Crippen LogP contribution in [0.5, 0.6) is 0 Å². The number of ether oxygens (including phenoxy) is 8. The summed E-state index contributed by atoms with van der Waals surface area (Å²) in [4.78, 5) is 98.1. The second-order valence-electron chi connectivity index (χ2n) is 23.8. The van der Waals surface area contributed by atoms with Gasteiger partial charge < -0.3 is 73.4 Å². The van der Waals surface area contributed by atoms with Crippen LogP contribution >= 0.6 is 11.6 Å². The number of amides is 6. The number of fused-ring (bicyclic) bond motifs is 10. The number of benzene rings is 3. The van der Waals surface area contributed by atoms with Gasteiger partial charge in [-0.05, 0) is 62.4 Å². The predicted octanol–water partition coefficient (Wildman–Crippen LogP) is 5.25. The van der Waals surface area contributed by atoms with E-state index in [2.05, 4.69) is 31.4 Å². The van der Waals surface area contributed by atoms with Crippen LogP contribution in [0.2, 0.25) is 5.02 Å². The second kappa shape index (κ2) is 33.4. The third kappa shape index (κ3) is 18.8. The Hall–Kier alpha value is -7.66. The molecule has 504 valence electrons. The molecule has 26 nitrogen and oxygen atoms in total. The molecule has 3 aromatic carbocycles. The summed E-state index contributed by atoms with van der Waals surface area (Å²) in [5, 5.41) is 41.8. The number of epoxide rings is 1. The zero-order valence-electron chi connectivity index (χ0n) is 53.7. The van der Waals surface area contributed by atoms with Crippen LogP contribution in [0.15, 0.2) is 84.5 Å². The normalized spacial score (nSPS) is 23.2. The van der Waals surface area contributed by atoms with Crippen LogP contribution in [-0.4, -0.2) is 201 Å². The number of anilines is 2. The van der Waals surface area contributed by atoms with E-state index in [9.17, 15) is 43.8 Å². The maximum Gasteiger partial charge on any atom is 0.409 e. The molecular formula is C66H86ClN9O17. The fourth-order valence-electron chi connectivity index (χ4n) is 11.5. The Balaban J connectivity index is 0.686. The quantitative estimate of drug-likeness (QED) is 0.0252. The van der Waals surface area contributed by atoms with Gasteiger partial charge in [-0.15, -0.1) is 0 Å². The molecule has 0 unspecified atom stereocenters. The standard InChI is InChI=1S/C66H86ClN9O17/c1-41-14-12-19-52(86-7)66(85)38-51(91-64(84)70-66)42(2)62-65(4,93-62)53(37-58(82)75(6)50-36-44(34-41)35-46(40-77)59(50)67)92-63(83)43(3)69-55(79)20-13-21-56(80)74(5)25-27-88-29-31-90-33-32-89-30-28-87-26-23-54(78)68-24-22-57(81)76-39-45-15-8-9-16-47(45)60-61(72-73-71-60)48-17-10-11-18-49(48)76/h8-12,14-19,35-36,42-43,51-53,62,77,85H,13,20-34,37-40H2,1-7H3,(H,68,78)(H,69,79)(H,70,84)(H,71,72,73)/b19-12+,41-14-/t42-,43+,51+,52-,53+,62+,65+,66+/m1/s1. The van der Waals surface area contributed by atoms with Gasteiger partial charge in [0.25, 0.3) is 0 Å². The van der Waals surface area contributed by atoms with Crippen molar-refractivity contribution >= 4 is 64.6 Å². The SMILES string of the molecule is CO[C@@H]1/C=C/C=C(/C)Cc2cc(CO)c(Cl)c(c2)N(C)C(=O)C[C@H](OC(=O)[C@H](C)NC(=O)CCCC(=O)N(C)CCOCCOCCOCCOCCC(=O)NCCC(=O)N2Cc3ccccc3-c3n[nH]nc3-c3ccccc32)[C@]2(C)O[C@H]2[C@H](C)[C@@H]2C[C@@]1(O)NC(=O)O2. The number of alkyl carbamates (subject to hydrolysis) is 1. The van der Waals surface area contributed by atoms with E-state index in [1.54, 1.807) is 50.1 Å². The van der Waals surface area contributed by atoms with Gasteiger partial charge in [0.05, 0.1) is 94.9 Å². The maximum atomic E-state index is 14.3. The molecule has 6 N–H and O–H groups in total. The van der Waals surface area contributed by atoms with E-state index in [0.717, 1.165) is 33.5 Å². The molecule has 8 atom stereocenters. The third-order valence-corrected chi connectivity index (χ3v) is 17.4. The van der Waals surface area contributed by atoms with Crippen LogP contribution in [-0.2, 0) is 86.2 Å². The summed E-state index contributed by atoms with van der Waals surface area (Å²) in [5.41, 5.74) is 3.81. The number of H-pyrrole nitrogens is 1. The number of carbonyl (C=O) groups excluding carboxylic acids is 7. The van der Waals surface area contributed by atoms with E-state index < -0.39 is 84.6 Å². The Morgan fingerprint density at radius 1 is 0.882 bits per heavy atom. The number of nitrogens with zero attached hydrogens (tertiary/aromatic N) is 5. The molecular weight excluding hydrogens is 1230 g/mol. The number of hydrogen-bond acceptors (Lipinski definition) is 19. The van der Waals surface area contributed by atoms with Crippen molar-refractivity contribution in [2.75, 3.05) is 96.9 Å². The van der Waals surface area contributed by atoms with Gasteiger partial charge in [0.15, 0.2) is 5.72 Å². The average Bonchev–Trinajstić information content (AvgIpc) is 1.59. The first-order valence-electron chi connectivity index (χ1n) is 31.3. The van der Waals surface area contributed by atoms with Crippen molar-refractivity contribution < 1.29 is 81.7 Å². The van der Waals surface area contributed by atoms with Crippen molar-refractivity contribution in [3.05, 3.63) is 106 Å². The number of aliphatic hydroxyl groups is 2. The lowest BCUT2D eigenvalue weighted by Gasteiger charge is -2.42. The van der Waals surface area contributed by atoms with E-state index in [1.165, 1.54) is 30.9 Å². The first-order valence-corrected chi connectivity index (χ1v) is 31.7. The number of rotatable bonds is 27. The second-order valence-corrected chi connectivity index (χ2v) is 24.1. The highest BCUT2D eigenvalue weighted by atomic mass is 35.5. The van der Waals surface area contributed by atoms with Gasteiger partial charge in [-0.25, -0.2) is 9.59 Å². The summed E-state index contributed by atoms with van der Waals surface area (Å²) < 4.78 is 46.0. The summed E-state index contributed by atoms with van der Waals surface area (Å²) in [7, 11) is 4.55. The number of nitrogens with one attached hydrogen (secondary N) is 4. The van der Waals surface area contributed by atoms with Crippen LogP contribution in [0, 0.1) is 5.92 Å². The Morgan fingerprint density at radius 2 is 1.55 bits per heavy atom. The maximum absolute atomic E-state index is 14.3. The van der Waals surface area contributed by atoms with Gasteiger partial charge in [-0.2, -0.15) is 15.4 Å². The molecule has 2 saturated heterocycles. The number of aromatic amines is 1. The number of esters is 1. The fourth-order valence-corrected chi connectivity index (χ4v) is 11.8. The summed E-state index contributed by atoms with van der Waals surface area (Å²) in [5.74, 6) is -3.08. The molecule has 93 heavy (non-hydrogen) atoms. The van der Waals surface area contributed by atoms with Gasteiger partial charge in [-0.3, -0.25) is 29.3 Å². The number of aliphatic hydroxyl groups excluding tert-OH is 1. The molecule has 4 aliphatic rings. The van der Waals surface area contributed by atoms with Gasteiger partial charge in [0.2, 0.25) is 29.5 Å². The van der Waals surface area contributed by atoms with Crippen LogP contribution in [0.3, 0.4) is 0 Å². The Morgan fingerprint density at radius 3 is 2.26 bits per heavy atom. The average molecular weight is 1310 g/mol. The lowest BCUT2D eigenvalue weighted by atomic mass is 9.83. The highest BCUT2D eigenvalue weighted by Gasteiger charge is 2.64. The van der Waals surface area contributed by atoms with E-state index in [4.69, 9.17) is 49.5 Å². The number of aromatic nitrogens is 3. The number of hydrogen-bond donors (Lipinski definition) is 6. The Kier molecular flexibility index (Phi) is 25.6. The van der Waals surface area contributed by atoms with Crippen LogP contribution in [0.4, 0.5) is 16.2 Å². The lowest BCUT2D eigenvalue weighted by Crippen LogP contribution is -2.63. The zero-order chi connectivity index (χ0) is 66.8. The largest absolute Gasteiger partial charge is 0.457 e. The van der Waals surface area contributed by atoms with Crippen molar-refractivity contribution in [3.63, 3.8) is 0 Å². The first-order chi connectivity index (χ1) is 44.6. The predicted molar refractivity (Wildman–Crippen MR) is 341 cm³/mol. The first kappa shape index (κ1) is 71.2. The molecule has 8 rings (SSSR count). The summed E-state index contributed by atoms with van der Waals surface area (Å²) in [6, 6.07) is 17.6. The van der Waals surface area contributed by atoms with Crippen molar-refractivity contribution in [3.8, 4) is 22.5 Å². The van der Waals surface area contributed by atoms with Gasteiger partial charge in [0, 0.05) is 83.4 Å². The minimum Gasteiger partial charge on any atom is -0.457 e. The Bertz CT molecular complexity index is 3350. The monoisotopic (exact) mass is 1310 g/mol. The minimum atomic E-state index is -1.89. The van der Waals surface area contributed by atoms with E-state index in [1.807, 2.05) is 61.5 Å². The molecule has 27 heteroatoms. The molecule has 0 spiro atoms. The van der Waals surface area contributed by atoms with E-state index in [0.29, 0.717) is 68.6 Å². The fraction of sp³-hybridized carbons (Fsp3) is 0.530. The van der Waals surface area contributed by atoms with Crippen LogP contribution in [0.1, 0.15) is 89.3 Å². The highest BCUT2D eigenvalue weighted by molar-refractivity contribution is 6.34. The van der Waals surface area contributed by atoms with Crippen LogP contribution < -0.4 is 25.8 Å². The molecule has 4 aromatic rings. The summed E-state index contributed by atoms with van der Waals surface area (Å²) >= 11 is 6.78. The molecule has 1 aromatic heterocycles. The number of likely N-dealkylation sites (N-methyl/N-ethyl adjacent to an activating group) is 1. The van der Waals surface area contributed by atoms with Gasteiger partial charge in [-0.1, -0.05) is 90.9 Å². The lowest BCUT2D eigenvalue weighted by molar-refractivity contribution is -0.157. The number of carbonyl (C=O) groups is 7. The molecule has 6 amide bonds. The van der Waals surface area contributed by atoms with Crippen molar-refractivity contribution in [1.82, 2.24) is 36.3 Å². The number of allylic oxidation sites excluding steroid dienone is 3. The smallest absolute Gasteiger partial charge is 0.409 e. The highest BCUT2D eigenvalue weighted by Crippen LogP contribution is 2.49. The molecule has 0 saturated carbocycles. The van der Waals surface area contributed by atoms with Crippen LogP contribution in [0.25, 0.3) is 22.5 Å². The Labute approximate surface area is 545 Å². The summed E-state index contributed by atoms with van der Waals surface area (Å²) in [6.07, 6.45) is 0.608. The topological polar surface area (TPSA) is 324 Å². The molecule has 0 radical (unpaired) electrons. The number of methoxy groups -OCH3 is 1. The molecule has 5 heterocycles. The van der Waals surface area contributed by atoms with Crippen molar-refractivity contribution in [2.45, 2.75) is 134 Å². The minimum absolute atomic E-state index is 0.0540. The zero-order valence-corrected chi connectivity index (χ0v) is 54.5. The molecule has 2 fully saturated rings. The van der Waals surface area contributed by atoms with E-state index >= 15 is 0 Å². The van der Waals surface area contributed by atoms with E-state index in [-0.39, 0.29) is 94.2 Å². The number of halogens is 1. The van der Waals surface area contributed by atoms with Gasteiger partial charge >= 0.3 is 12.1 Å². The molecule has 0 aliphatic carbocycles. The third-order valence-electron chi connectivity index (χ3n) is 16.9. The number of para-hydroxylation sites is 1. The van der Waals surface area contributed by atoms with Crippen molar-refractivity contribution in [2.24, 2.45) is 5.92 Å². The molecule has 4 bridgehead atoms.